The molecule has 1 rings (SSSR count). The smallest absolute Gasteiger partial charge is 0.420 e. The van der Waals surface area contributed by atoms with Crippen LogP contribution < -0.4 is 5.73 Å². The molecule has 0 spiro atoms. The highest BCUT2D eigenvalue weighted by Gasteiger charge is 2.39. The minimum atomic E-state index is -4.86. The van der Waals surface area contributed by atoms with Gasteiger partial charge in [0, 0.05) is 12.1 Å². The van der Waals surface area contributed by atoms with Crippen LogP contribution in [0, 0.1) is 5.82 Å². The Bertz CT molecular complexity index is 506. The van der Waals surface area contributed by atoms with Gasteiger partial charge in [-0.2, -0.15) is 13.2 Å². The molecule has 7 heteroatoms. The molecule has 0 fully saturated rings. The quantitative estimate of drug-likeness (QED) is 0.454. The molecule has 4 N–H and O–H groups in total. The highest BCUT2D eigenvalue weighted by Crippen LogP contribution is 2.23. The number of benzene rings is 1. The number of hydrogen-bond acceptors (Lipinski definition) is 3. The molecule has 0 aliphatic carbocycles. The topological polar surface area (TPSA) is 66.5 Å². The lowest BCUT2D eigenvalue weighted by Crippen LogP contribution is -2.33. The molecule has 0 amide bonds. The monoisotopic (exact) mass is 291 g/mol. The van der Waals surface area contributed by atoms with Gasteiger partial charge in [0.15, 0.2) is 6.10 Å². The average molecular weight is 291 g/mol. The van der Waals surface area contributed by atoms with E-state index in [2.05, 4.69) is 0 Å². The molecular weight excluding hydrogens is 278 g/mol. The van der Waals surface area contributed by atoms with Gasteiger partial charge in [-0.25, -0.2) is 4.39 Å². The molecule has 20 heavy (non-hydrogen) atoms. The summed E-state index contributed by atoms with van der Waals surface area (Å²) in [6.45, 7) is 0. The van der Waals surface area contributed by atoms with Gasteiger partial charge in [-0.05, 0) is 29.8 Å². The standard InChI is InChI=1S/C13H13F4NO2/c14-9-3-1-8(2-4-9)7-10(19)5-6-11(18)12(20)13(15,16)17/h1-6,12,19-20H,7,18H2/b10-5+,11-6-. The predicted octanol–water partition coefficient (Wildman–Crippen LogP) is 2.58. The van der Waals surface area contributed by atoms with Crippen LogP contribution in [0.1, 0.15) is 5.56 Å². The Kier molecular flexibility index (Phi) is 5.15. The molecule has 3 nitrogen and oxygen atoms in total. The predicted molar refractivity (Wildman–Crippen MR) is 65.1 cm³/mol. The van der Waals surface area contributed by atoms with Crippen LogP contribution in [-0.2, 0) is 6.42 Å². The van der Waals surface area contributed by atoms with E-state index in [1.165, 1.54) is 24.3 Å². The van der Waals surface area contributed by atoms with Crippen molar-refractivity contribution >= 4 is 0 Å². The summed E-state index contributed by atoms with van der Waals surface area (Å²) < 4.78 is 49.0. The van der Waals surface area contributed by atoms with E-state index in [9.17, 15) is 22.7 Å². The number of aliphatic hydroxyl groups is 2. The van der Waals surface area contributed by atoms with Gasteiger partial charge in [0.2, 0.25) is 0 Å². The first-order chi connectivity index (χ1) is 9.20. The Labute approximate surface area is 112 Å². The lowest BCUT2D eigenvalue weighted by atomic mass is 10.1. The van der Waals surface area contributed by atoms with Gasteiger partial charge < -0.3 is 15.9 Å². The Morgan fingerprint density at radius 3 is 2.25 bits per heavy atom. The molecule has 1 atom stereocenters. The Balaban J connectivity index is 2.72. The Morgan fingerprint density at radius 2 is 1.75 bits per heavy atom. The fraction of sp³-hybridized carbons (Fsp3) is 0.231. The fourth-order valence-electron chi connectivity index (χ4n) is 1.34. The van der Waals surface area contributed by atoms with E-state index in [0.717, 1.165) is 12.2 Å². The van der Waals surface area contributed by atoms with E-state index >= 15 is 0 Å². The van der Waals surface area contributed by atoms with E-state index in [-0.39, 0.29) is 12.2 Å². The average Bonchev–Trinajstić information content (AvgIpc) is 2.36. The van der Waals surface area contributed by atoms with Crippen LogP contribution in [0.15, 0.2) is 47.9 Å². The molecule has 0 aliphatic heterocycles. The molecule has 0 radical (unpaired) electrons. The van der Waals surface area contributed by atoms with E-state index in [1.54, 1.807) is 0 Å². The number of allylic oxidation sites excluding steroid dienone is 3. The maximum atomic E-state index is 12.6. The largest absolute Gasteiger partial charge is 0.512 e. The summed E-state index contributed by atoms with van der Waals surface area (Å²) in [6, 6.07) is 5.24. The van der Waals surface area contributed by atoms with Crippen molar-refractivity contribution < 1.29 is 27.8 Å². The van der Waals surface area contributed by atoms with Crippen LogP contribution in [0.4, 0.5) is 17.6 Å². The van der Waals surface area contributed by atoms with Crippen molar-refractivity contribution in [1.82, 2.24) is 0 Å². The molecule has 1 aromatic carbocycles. The van der Waals surface area contributed by atoms with Crippen molar-refractivity contribution in [3.63, 3.8) is 0 Å². The Morgan fingerprint density at radius 1 is 1.20 bits per heavy atom. The third-order valence-corrected chi connectivity index (χ3v) is 2.39. The number of nitrogens with two attached hydrogens (primary N) is 1. The molecule has 0 bridgehead atoms. The zero-order chi connectivity index (χ0) is 15.3. The van der Waals surface area contributed by atoms with Crippen LogP contribution in [0.25, 0.3) is 0 Å². The molecular formula is C13H13F4NO2. The molecule has 1 aromatic rings. The van der Waals surface area contributed by atoms with Gasteiger partial charge in [0.1, 0.15) is 5.82 Å². The first-order valence-corrected chi connectivity index (χ1v) is 5.54. The van der Waals surface area contributed by atoms with Gasteiger partial charge in [0.05, 0.1) is 5.76 Å². The van der Waals surface area contributed by atoms with Gasteiger partial charge in [-0.1, -0.05) is 12.1 Å². The molecule has 0 saturated heterocycles. The van der Waals surface area contributed by atoms with Crippen molar-refractivity contribution in [2.75, 3.05) is 0 Å². The Hall–Kier alpha value is -2.02. The molecule has 0 aromatic heterocycles. The second-order valence-electron chi connectivity index (χ2n) is 4.07. The van der Waals surface area contributed by atoms with Crippen LogP contribution in [-0.4, -0.2) is 22.5 Å². The molecule has 0 heterocycles. The fourth-order valence-corrected chi connectivity index (χ4v) is 1.34. The minimum absolute atomic E-state index is 0.00612. The summed E-state index contributed by atoms with van der Waals surface area (Å²) in [4.78, 5) is 0. The van der Waals surface area contributed by atoms with E-state index in [4.69, 9.17) is 10.8 Å². The minimum Gasteiger partial charge on any atom is -0.512 e. The maximum Gasteiger partial charge on any atom is 0.420 e. The second-order valence-corrected chi connectivity index (χ2v) is 4.07. The van der Waals surface area contributed by atoms with Crippen molar-refractivity contribution in [1.29, 1.82) is 0 Å². The highest BCUT2D eigenvalue weighted by atomic mass is 19.4. The van der Waals surface area contributed by atoms with Gasteiger partial charge in [-0.15, -0.1) is 0 Å². The zero-order valence-corrected chi connectivity index (χ0v) is 10.2. The third kappa shape index (κ3) is 4.93. The first-order valence-electron chi connectivity index (χ1n) is 5.54. The number of hydrogen-bond donors (Lipinski definition) is 3. The number of halogens is 4. The van der Waals surface area contributed by atoms with Gasteiger partial charge in [0.25, 0.3) is 0 Å². The second kappa shape index (κ2) is 6.42. The normalized spacial score (nSPS) is 15.2. The SMILES string of the molecule is N/C(=C\C=C(\O)Cc1ccc(F)cc1)C(O)C(F)(F)F. The number of aliphatic hydroxyl groups excluding tert-OH is 2. The summed E-state index contributed by atoms with van der Waals surface area (Å²) in [5, 5.41) is 18.3. The van der Waals surface area contributed by atoms with Crippen molar-refractivity contribution in [2.24, 2.45) is 5.73 Å². The third-order valence-electron chi connectivity index (χ3n) is 2.39. The van der Waals surface area contributed by atoms with E-state index < -0.39 is 23.8 Å². The van der Waals surface area contributed by atoms with Crippen molar-refractivity contribution in [3.05, 3.63) is 59.3 Å². The van der Waals surface area contributed by atoms with Crippen molar-refractivity contribution in [2.45, 2.75) is 18.7 Å². The molecule has 110 valence electrons. The summed E-state index contributed by atoms with van der Waals surface area (Å²) in [5.74, 6) is -0.705. The summed E-state index contributed by atoms with van der Waals surface area (Å²) >= 11 is 0. The van der Waals surface area contributed by atoms with Gasteiger partial charge in [-0.3, -0.25) is 0 Å². The zero-order valence-electron chi connectivity index (χ0n) is 10.2. The number of rotatable bonds is 4. The number of alkyl halides is 3. The summed E-state index contributed by atoms with van der Waals surface area (Å²) in [6.07, 6.45) is -5.91. The van der Waals surface area contributed by atoms with Crippen LogP contribution >= 0.6 is 0 Å². The van der Waals surface area contributed by atoms with Crippen molar-refractivity contribution in [3.8, 4) is 0 Å². The summed E-state index contributed by atoms with van der Waals surface area (Å²) in [5.41, 5.74) is 4.79. The van der Waals surface area contributed by atoms with Crippen LogP contribution in [0.3, 0.4) is 0 Å². The van der Waals surface area contributed by atoms with Crippen LogP contribution in [0.5, 0.6) is 0 Å². The molecule has 1 unspecified atom stereocenters. The highest BCUT2D eigenvalue weighted by molar-refractivity contribution is 5.23. The maximum absolute atomic E-state index is 12.6. The molecule has 0 saturated carbocycles. The lowest BCUT2D eigenvalue weighted by molar-refractivity contribution is -0.191. The summed E-state index contributed by atoms with van der Waals surface area (Å²) in [7, 11) is 0. The van der Waals surface area contributed by atoms with E-state index in [0.29, 0.717) is 5.56 Å². The first kappa shape index (κ1) is 16.0. The van der Waals surface area contributed by atoms with E-state index in [1.807, 2.05) is 0 Å². The lowest BCUT2D eigenvalue weighted by Gasteiger charge is -2.14. The van der Waals surface area contributed by atoms with Gasteiger partial charge >= 0.3 is 6.18 Å². The van der Waals surface area contributed by atoms with Crippen LogP contribution in [0.2, 0.25) is 0 Å². The molecule has 0 aliphatic rings.